The van der Waals surface area contributed by atoms with Crippen LogP contribution in [0.5, 0.6) is 0 Å². The van der Waals surface area contributed by atoms with Crippen LogP contribution in [0.3, 0.4) is 0 Å². The molecule has 0 amide bonds. The summed E-state index contributed by atoms with van der Waals surface area (Å²) in [6.07, 6.45) is 0. The van der Waals surface area contributed by atoms with E-state index in [4.69, 9.17) is 9.47 Å². The van der Waals surface area contributed by atoms with E-state index in [1.54, 1.807) is 36.4 Å². The molecule has 3 aromatic rings. The molecule has 0 saturated heterocycles. The molecule has 0 aliphatic heterocycles. The number of hydrogen-bond acceptors (Lipinski definition) is 8. The van der Waals surface area contributed by atoms with Crippen LogP contribution in [0.2, 0.25) is 0 Å². The number of rotatable bonds is 12. The van der Waals surface area contributed by atoms with E-state index in [1.807, 2.05) is 0 Å². The fourth-order valence-corrected chi connectivity index (χ4v) is 3.62. The van der Waals surface area contributed by atoms with Gasteiger partial charge in [-0.2, -0.15) is 0 Å². The Balaban J connectivity index is 1.92. The molecule has 0 heterocycles. The lowest BCUT2D eigenvalue weighted by molar-refractivity contribution is -0.130. The number of ketones is 4. The van der Waals surface area contributed by atoms with Crippen LogP contribution in [0.1, 0.15) is 55.3 Å². The molecule has 8 heteroatoms. The predicted molar refractivity (Wildman–Crippen MR) is 130 cm³/mol. The molecular weight excluding hydrogens is 464 g/mol. The van der Waals surface area contributed by atoms with Crippen molar-refractivity contribution in [3.8, 4) is 0 Å². The number of carbonyl (C=O) groups is 4. The summed E-state index contributed by atoms with van der Waals surface area (Å²) < 4.78 is 10.4. The van der Waals surface area contributed by atoms with Gasteiger partial charge in [0.2, 0.25) is 23.1 Å². The highest BCUT2D eigenvalue weighted by Gasteiger charge is 2.47. The third-order valence-corrected chi connectivity index (χ3v) is 5.42. The van der Waals surface area contributed by atoms with Crippen LogP contribution in [0.25, 0.3) is 0 Å². The molecule has 0 bridgehead atoms. The fraction of sp³-hybridized carbons (Fsp3) is 0.214. The summed E-state index contributed by atoms with van der Waals surface area (Å²) in [5.74, 6) is -9.49. The first-order valence-electron chi connectivity index (χ1n) is 11.3. The Kier molecular flexibility index (Phi) is 8.39. The molecular formula is C28H26O8. The Hall–Kier alpha value is -3.82. The molecule has 2 atom stereocenters. The maximum atomic E-state index is 13.1. The highest BCUT2D eigenvalue weighted by atomic mass is 16.6. The monoisotopic (exact) mass is 490 g/mol. The smallest absolute Gasteiger partial charge is 0.297 e. The van der Waals surface area contributed by atoms with Crippen LogP contribution in [0.15, 0.2) is 84.9 Å². The maximum absolute atomic E-state index is 13.1. The lowest BCUT2D eigenvalue weighted by Crippen LogP contribution is -2.50. The second kappa shape index (κ2) is 11.3. The number of carbonyl (C=O) groups excluding carboxylic acids is 4. The normalized spacial score (nSPS) is 14.3. The molecule has 186 valence electrons. The van der Waals surface area contributed by atoms with Crippen molar-refractivity contribution in [2.45, 2.75) is 25.4 Å². The zero-order chi connectivity index (χ0) is 26.3. The molecule has 0 aliphatic rings. The average molecular weight is 491 g/mol. The molecule has 0 fully saturated rings. The summed E-state index contributed by atoms with van der Waals surface area (Å²) in [5.41, 5.74) is -0.0909. The molecule has 36 heavy (non-hydrogen) atoms. The van der Waals surface area contributed by atoms with Gasteiger partial charge in [-0.3, -0.25) is 19.2 Å². The van der Waals surface area contributed by atoms with Crippen molar-refractivity contribution in [1.29, 1.82) is 0 Å². The van der Waals surface area contributed by atoms with Gasteiger partial charge in [0, 0.05) is 35.5 Å². The third-order valence-electron chi connectivity index (χ3n) is 5.42. The Labute approximate surface area is 208 Å². The summed E-state index contributed by atoms with van der Waals surface area (Å²) in [6, 6.07) is 20.2. The van der Waals surface area contributed by atoms with Gasteiger partial charge < -0.3 is 19.7 Å². The Bertz CT molecular complexity index is 1140. The fourth-order valence-electron chi connectivity index (χ4n) is 3.62. The number of hydrogen-bond donors (Lipinski definition) is 2. The molecule has 2 N–H and O–H groups in total. The number of benzene rings is 3. The van der Waals surface area contributed by atoms with Gasteiger partial charge in [-0.15, -0.1) is 0 Å². The van der Waals surface area contributed by atoms with Gasteiger partial charge in [0.15, 0.2) is 0 Å². The minimum Gasteiger partial charge on any atom is -0.353 e. The van der Waals surface area contributed by atoms with E-state index >= 15 is 0 Å². The highest BCUT2D eigenvalue weighted by Crippen LogP contribution is 2.25. The Morgan fingerprint density at radius 3 is 1.03 bits per heavy atom. The van der Waals surface area contributed by atoms with Crippen LogP contribution in [0.4, 0.5) is 0 Å². The summed E-state index contributed by atoms with van der Waals surface area (Å²) >= 11 is 0. The molecule has 0 saturated carbocycles. The van der Waals surface area contributed by atoms with Gasteiger partial charge >= 0.3 is 0 Å². The van der Waals surface area contributed by atoms with Crippen LogP contribution in [-0.4, -0.2) is 58.1 Å². The summed E-state index contributed by atoms with van der Waals surface area (Å²) in [7, 11) is 0. The van der Waals surface area contributed by atoms with E-state index in [-0.39, 0.29) is 35.5 Å². The minimum atomic E-state index is -2.78. The van der Waals surface area contributed by atoms with Gasteiger partial charge in [0.1, 0.15) is 0 Å². The average Bonchev–Trinajstić information content (AvgIpc) is 2.92. The van der Waals surface area contributed by atoms with Crippen LogP contribution < -0.4 is 0 Å². The van der Waals surface area contributed by atoms with E-state index in [2.05, 4.69) is 0 Å². The van der Waals surface area contributed by atoms with E-state index in [0.29, 0.717) is 0 Å². The molecule has 0 aromatic heterocycles. The van der Waals surface area contributed by atoms with Crippen LogP contribution in [0, 0.1) is 0 Å². The number of ether oxygens (including phenoxy) is 2. The quantitative estimate of drug-likeness (QED) is 0.225. The van der Waals surface area contributed by atoms with Crippen molar-refractivity contribution < 1.29 is 38.9 Å². The number of aliphatic hydroxyl groups is 2. The zero-order valence-electron chi connectivity index (χ0n) is 19.8. The van der Waals surface area contributed by atoms with Gasteiger partial charge in [0.25, 0.3) is 11.6 Å². The summed E-state index contributed by atoms with van der Waals surface area (Å²) in [5, 5.41) is 21.9. The minimum absolute atomic E-state index is 0.0785. The molecule has 3 rings (SSSR count). The van der Waals surface area contributed by atoms with Gasteiger partial charge in [-0.05, 0) is 13.8 Å². The van der Waals surface area contributed by atoms with Crippen molar-refractivity contribution >= 4 is 23.1 Å². The predicted octanol–water partition coefficient (Wildman–Crippen LogP) is 3.27. The van der Waals surface area contributed by atoms with Gasteiger partial charge in [0.05, 0.1) is 0 Å². The van der Waals surface area contributed by atoms with Crippen molar-refractivity contribution in [3.63, 3.8) is 0 Å². The molecule has 3 aromatic carbocycles. The second-order valence-electron chi connectivity index (χ2n) is 7.78. The van der Waals surface area contributed by atoms with Gasteiger partial charge in [-0.1, -0.05) is 84.9 Å². The number of Topliss-reactive ketones (excluding diaryl/α,β-unsaturated/α-hetero) is 4. The molecule has 2 unspecified atom stereocenters. The highest BCUT2D eigenvalue weighted by molar-refractivity contribution is 6.22. The maximum Gasteiger partial charge on any atom is 0.297 e. The largest absolute Gasteiger partial charge is 0.353 e. The van der Waals surface area contributed by atoms with Crippen molar-refractivity contribution in [3.05, 3.63) is 107 Å². The Morgan fingerprint density at radius 1 is 0.528 bits per heavy atom. The molecule has 8 nitrogen and oxygen atoms in total. The SMILES string of the molecule is CCOC(O)(C(=O)c1ccccc1)C(=O)c1ccc(C(=O)C(O)(OCC)C(=O)c2ccccc2)cc1. The first-order valence-corrected chi connectivity index (χ1v) is 11.3. The summed E-state index contributed by atoms with van der Waals surface area (Å²) in [4.78, 5) is 52.1. The first-order chi connectivity index (χ1) is 17.2. The van der Waals surface area contributed by atoms with Crippen molar-refractivity contribution in [2.75, 3.05) is 13.2 Å². The first kappa shape index (κ1) is 26.8. The standard InChI is InChI=1S/C28H26O8/c1-3-35-27(33,23(29)19-11-7-5-8-12-19)25(31)21-15-17-22(18-16-21)26(32)28(34,36-4-2)24(30)20-13-9-6-10-14-20/h5-18,33-34H,3-4H2,1-2H3. The second-order valence-corrected chi connectivity index (χ2v) is 7.78. The molecule has 0 radical (unpaired) electrons. The van der Waals surface area contributed by atoms with E-state index in [0.717, 1.165) is 0 Å². The lowest BCUT2D eigenvalue weighted by Gasteiger charge is -2.26. The van der Waals surface area contributed by atoms with E-state index in [9.17, 15) is 29.4 Å². The molecule has 0 aliphatic carbocycles. The Morgan fingerprint density at radius 2 is 0.778 bits per heavy atom. The third kappa shape index (κ3) is 5.22. The zero-order valence-corrected chi connectivity index (χ0v) is 19.8. The van der Waals surface area contributed by atoms with Crippen molar-refractivity contribution in [2.24, 2.45) is 0 Å². The van der Waals surface area contributed by atoms with Gasteiger partial charge in [-0.25, -0.2) is 0 Å². The summed E-state index contributed by atoms with van der Waals surface area (Å²) in [6.45, 7) is 2.80. The molecule has 0 spiro atoms. The lowest BCUT2D eigenvalue weighted by atomic mass is 9.92. The topological polar surface area (TPSA) is 127 Å². The van der Waals surface area contributed by atoms with Crippen molar-refractivity contribution in [1.82, 2.24) is 0 Å². The van der Waals surface area contributed by atoms with Crippen LogP contribution in [-0.2, 0) is 9.47 Å². The van der Waals surface area contributed by atoms with E-state index < -0.39 is 34.7 Å². The van der Waals surface area contributed by atoms with Crippen LogP contribution >= 0.6 is 0 Å². The van der Waals surface area contributed by atoms with E-state index in [1.165, 1.54) is 62.4 Å².